The third-order valence-electron chi connectivity index (χ3n) is 4.67. The van der Waals surface area contributed by atoms with Gasteiger partial charge in [-0.3, -0.25) is 5.10 Å². The highest BCUT2D eigenvalue weighted by Gasteiger charge is 2.19. The van der Waals surface area contributed by atoms with Gasteiger partial charge in [0.25, 0.3) is 0 Å². The van der Waals surface area contributed by atoms with Crippen LogP contribution in [-0.2, 0) is 0 Å². The van der Waals surface area contributed by atoms with Gasteiger partial charge in [0, 0.05) is 35.1 Å². The zero-order chi connectivity index (χ0) is 17.2. The van der Waals surface area contributed by atoms with Gasteiger partial charge in [-0.25, -0.2) is 4.98 Å². The van der Waals surface area contributed by atoms with Crippen molar-refractivity contribution >= 4 is 23.3 Å². The van der Waals surface area contributed by atoms with Gasteiger partial charge < -0.3 is 16.8 Å². The van der Waals surface area contributed by atoms with E-state index in [1.54, 1.807) is 6.20 Å². The molecule has 0 aliphatic heterocycles. The first-order chi connectivity index (χ1) is 12.2. The topological polar surface area (TPSA) is 119 Å². The summed E-state index contributed by atoms with van der Waals surface area (Å²) in [5, 5.41) is 10.8. The largest absolute Gasteiger partial charge is 0.399 e. The zero-order valence-electron chi connectivity index (χ0n) is 13.9. The van der Waals surface area contributed by atoms with Crippen LogP contribution in [0.3, 0.4) is 0 Å². The highest BCUT2D eigenvalue weighted by Crippen LogP contribution is 2.34. The van der Waals surface area contributed by atoms with Crippen molar-refractivity contribution in [2.45, 2.75) is 31.6 Å². The Balaban J connectivity index is 1.63. The van der Waals surface area contributed by atoms with E-state index in [9.17, 15) is 0 Å². The molecule has 128 valence electrons. The molecule has 0 atom stereocenters. The van der Waals surface area contributed by atoms with Crippen LogP contribution in [0, 0.1) is 0 Å². The molecule has 7 nitrogen and oxygen atoms in total. The molecule has 1 aliphatic rings. The first-order valence-corrected chi connectivity index (χ1v) is 8.50. The molecular formula is C18H21N7. The number of benzene rings is 1. The molecule has 1 aromatic carbocycles. The average molecular weight is 335 g/mol. The summed E-state index contributed by atoms with van der Waals surface area (Å²) in [5.41, 5.74) is 15.2. The Kier molecular flexibility index (Phi) is 3.97. The van der Waals surface area contributed by atoms with Crippen molar-refractivity contribution in [2.24, 2.45) is 0 Å². The molecule has 1 aliphatic carbocycles. The normalized spacial score (nSPS) is 14.7. The van der Waals surface area contributed by atoms with Crippen molar-refractivity contribution in [2.75, 3.05) is 16.8 Å². The van der Waals surface area contributed by atoms with E-state index in [1.807, 2.05) is 24.3 Å². The maximum Gasteiger partial charge on any atom is 0.221 e. The van der Waals surface area contributed by atoms with Gasteiger partial charge in [0.05, 0.1) is 0 Å². The van der Waals surface area contributed by atoms with Gasteiger partial charge >= 0.3 is 0 Å². The number of nitrogens with two attached hydrogens (primary N) is 2. The Morgan fingerprint density at radius 2 is 1.84 bits per heavy atom. The Bertz CT molecular complexity index is 863. The summed E-state index contributed by atoms with van der Waals surface area (Å²) in [5.74, 6) is 2.15. The third-order valence-corrected chi connectivity index (χ3v) is 4.67. The number of hydrogen-bond acceptors (Lipinski definition) is 6. The van der Waals surface area contributed by atoms with Crippen molar-refractivity contribution in [3.05, 3.63) is 42.2 Å². The van der Waals surface area contributed by atoms with Crippen molar-refractivity contribution < 1.29 is 0 Å². The number of nitrogen functional groups attached to an aromatic ring is 2. The minimum atomic E-state index is 0.216. The van der Waals surface area contributed by atoms with E-state index < -0.39 is 0 Å². The standard InChI is InChI=1S/C18H21N7/c19-13-7-5-11(6-8-13)14-10-21-18(20)23-17(14)22-16-9-15(24-25-16)12-3-1-2-4-12/h5-10,12H,1-4,19H2,(H4,20,21,22,23,24,25). The number of aromatic amines is 1. The van der Waals surface area contributed by atoms with Crippen molar-refractivity contribution in [1.82, 2.24) is 20.2 Å². The predicted molar refractivity (Wildman–Crippen MR) is 99.4 cm³/mol. The Morgan fingerprint density at radius 3 is 2.60 bits per heavy atom. The minimum absolute atomic E-state index is 0.216. The summed E-state index contributed by atoms with van der Waals surface area (Å²) >= 11 is 0. The second-order valence-corrected chi connectivity index (χ2v) is 6.43. The molecular weight excluding hydrogens is 314 g/mol. The number of nitrogens with one attached hydrogen (secondary N) is 2. The minimum Gasteiger partial charge on any atom is -0.399 e. The van der Waals surface area contributed by atoms with E-state index in [4.69, 9.17) is 11.5 Å². The smallest absolute Gasteiger partial charge is 0.221 e. The fourth-order valence-corrected chi connectivity index (χ4v) is 3.33. The Hall–Kier alpha value is -3.09. The number of rotatable bonds is 4. The molecule has 1 saturated carbocycles. The molecule has 0 unspecified atom stereocenters. The molecule has 0 amide bonds. The van der Waals surface area contributed by atoms with Gasteiger partial charge in [-0.1, -0.05) is 25.0 Å². The number of anilines is 4. The van der Waals surface area contributed by atoms with Gasteiger partial charge in [0.1, 0.15) is 5.82 Å². The molecule has 6 N–H and O–H groups in total. The van der Waals surface area contributed by atoms with E-state index in [0.29, 0.717) is 17.4 Å². The summed E-state index contributed by atoms with van der Waals surface area (Å²) in [7, 11) is 0. The molecule has 25 heavy (non-hydrogen) atoms. The van der Waals surface area contributed by atoms with Crippen LogP contribution in [0.25, 0.3) is 11.1 Å². The van der Waals surface area contributed by atoms with Crippen LogP contribution in [-0.4, -0.2) is 20.2 Å². The van der Waals surface area contributed by atoms with Gasteiger partial charge in [-0.15, -0.1) is 0 Å². The fraction of sp³-hybridized carbons (Fsp3) is 0.278. The van der Waals surface area contributed by atoms with Gasteiger partial charge in [0.15, 0.2) is 5.82 Å². The summed E-state index contributed by atoms with van der Waals surface area (Å²) in [4.78, 5) is 8.46. The molecule has 1 fully saturated rings. The molecule has 7 heteroatoms. The number of H-pyrrole nitrogens is 1. The summed E-state index contributed by atoms with van der Waals surface area (Å²) in [6, 6.07) is 9.62. The predicted octanol–water partition coefficient (Wildman–Crippen LogP) is 3.43. The molecule has 0 bridgehead atoms. The monoisotopic (exact) mass is 335 g/mol. The lowest BCUT2D eigenvalue weighted by atomic mass is 10.0. The van der Waals surface area contributed by atoms with Crippen LogP contribution >= 0.6 is 0 Å². The molecule has 4 rings (SSSR count). The number of aromatic nitrogens is 4. The Morgan fingerprint density at radius 1 is 1.08 bits per heavy atom. The lowest BCUT2D eigenvalue weighted by molar-refractivity contribution is 0.693. The molecule has 0 radical (unpaired) electrons. The van der Waals surface area contributed by atoms with Crippen molar-refractivity contribution in [3.63, 3.8) is 0 Å². The molecule has 2 aromatic heterocycles. The van der Waals surface area contributed by atoms with Gasteiger partial charge in [0.2, 0.25) is 5.95 Å². The van der Waals surface area contributed by atoms with Crippen LogP contribution in [0.1, 0.15) is 37.3 Å². The van der Waals surface area contributed by atoms with E-state index in [2.05, 4.69) is 31.5 Å². The summed E-state index contributed by atoms with van der Waals surface area (Å²) in [6.07, 6.45) is 6.73. The second-order valence-electron chi connectivity index (χ2n) is 6.43. The first kappa shape index (κ1) is 15.4. The lowest BCUT2D eigenvalue weighted by Crippen LogP contribution is -2.02. The van der Waals surface area contributed by atoms with Crippen molar-refractivity contribution in [1.29, 1.82) is 0 Å². The van der Waals surface area contributed by atoms with E-state index in [1.165, 1.54) is 31.4 Å². The number of hydrogen-bond donors (Lipinski definition) is 4. The Labute approximate surface area is 145 Å². The van der Waals surface area contributed by atoms with E-state index in [-0.39, 0.29) is 5.95 Å². The first-order valence-electron chi connectivity index (χ1n) is 8.50. The van der Waals surface area contributed by atoms with Gasteiger partial charge in [-0.05, 0) is 30.5 Å². The molecule has 0 saturated heterocycles. The second kappa shape index (κ2) is 6.43. The average Bonchev–Trinajstić information content (AvgIpc) is 3.27. The van der Waals surface area contributed by atoms with E-state index >= 15 is 0 Å². The molecule has 2 heterocycles. The lowest BCUT2D eigenvalue weighted by Gasteiger charge is -2.10. The highest BCUT2D eigenvalue weighted by atomic mass is 15.2. The molecule has 0 spiro atoms. The van der Waals surface area contributed by atoms with Crippen LogP contribution in [0.5, 0.6) is 0 Å². The summed E-state index contributed by atoms with van der Waals surface area (Å²) < 4.78 is 0. The SMILES string of the molecule is Nc1ccc(-c2cnc(N)nc2Nc2cc(C3CCCC3)[nH]n2)cc1. The van der Waals surface area contributed by atoms with Crippen LogP contribution in [0.15, 0.2) is 36.5 Å². The van der Waals surface area contributed by atoms with E-state index in [0.717, 1.165) is 16.9 Å². The third kappa shape index (κ3) is 3.26. The maximum absolute atomic E-state index is 5.78. The highest BCUT2D eigenvalue weighted by molar-refractivity contribution is 5.78. The van der Waals surface area contributed by atoms with Gasteiger partial charge in [-0.2, -0.15) is 10.1 Å². The fourth-order valence-electron chi connectivity index (χ4n) is 3.33. The quantitative estimate of drug-likeness (QED) is 0.542. The van der Waals surface area contributed by atoms with Crippen LogP contribution < -0.4 is 16.8 Å². The van der Waals surface area contributed by atoms with Crippen LogP contribution in [0.2, 0.25) is 0 Å². The maximum atomic E-state index is 5.78. The molecule has 3 aromatic rings. The number of nitrogens with zero attached hydrogens (tertiary/aromatic N) is 3. The van der Waals surface area contributed by atoms with Crippen molar-refractivity contribution in [3.8, 4) is 11.1 Å². The van der Waals surface area contributed by atoms with Crippen LogP contribution in [0.4, 0.5) is 23.3 Å². The summed E-state index contributed by atoms with van der Waals surface area (Å²) in [6.45, 7) is 0. The zero-order valence-corrected chi connectivity index (χ0v) is 13.9.